The molecule has 4 heavy (non-hydrogen) atoms. The fourth-order valence-corrected chi connectivity index (χ4v) is 0. The largest absolute Gasteiger partial charge is 0.412 e. The van der Waals surface area contributed by atoms with Gasteiger partial charge in [-0.3, -0.25) is 0 Å². The Morgan fingerprint density at radius 1 is 1.00 bits per heavy atom. The summed E-state index contributed by atoms with van der Waals surface area (Å²) < 4.78 is 0. The van der Waals surface area contributed by atoms with Gasteiger partial charge in [0.2, 0.25) is 0 Å². The third kappa shape index (κ3) is 8.91. The van der Waals surface area contributed by atoms with Crippen molar-refractivity contribution in [2.24, 2.45) is 0 Å². The molecule has 1 nitrogen and oxygen atoms in total. The van der Waals surface area contributed by atoms with Crippen LogP contribution in [0.15, 0.2) is 0 Å². The summed E-state index contributed by atoms with van der Waals surface area (Å²) in [5.74, 6) is 0. The SMILES string of the molecule is O.[Bi].[Nb].[Sr]. The summed E-state index contributed by atoms with van der Waals surface area (Å²) in [6.45, 7) is 0. The fraction of sp³-hybridized carbons (Fsp3) is 0. The molecule has 0 aliphatic rings. The zero-order valence-electron chi connectivity index (χ0n) is 2.10. The molecule has 0 saturated carbocycles. The van der Waals surface area contributed by atoms with Crippen molar-refractivity contribution in [3.8, 4) is 0 Å². The Morgan fingerprint density at radius 2 is 1.00 bits per heavy atom. The Hall–Kier alpha value is 3.06. The molecule has 0 saturated heterocycles. The van der Waals surface area contributed by atoms with Gasteiger partial charge in [0.15, 0.2) is 0 Å². The van der Waals surface area contributed by atoms with Gasteiger partial charge >= 0.3 is 0 Å². The summed E-state index contributed by atoms with van der Waals surface area (Å²) in [6, 6.07) is 0. The predicted molar refractivity (Wildman–Crippen MR) is 15.1 cm³/mol. The van der Waals surface area contributed by atoms with Crippen molar-refractivity contribution in [3.63, 3.8) is 0 Å². The zero-order valence-corrected chi connectivity index (χ0v) is 11.3. The van der Waals surface area contributed by atoms with Crippen LogP contribution in [0, 0.1) is 0 Å². The molecular formula is H2BiNbOSr. The van der Waals surface area contributed by atoms with E-state index in [0.717, 1.165) is 0 Å². The smallest absolute Gasteiger partial charge is 0 e. The van der Waals surface area contributed by atoms with E-state index in [4.69, 9.17) is 0 Å². The first-order chi connectivity index (χ1) is 0. The Morgan fingerprint density at radius 3 is 1.00 bits per heavy atom. The standard InChI is InChI=1S/Bi.Nb.H2O.Sr/h;;1H2;. The maximum atomic E-state index is 0. The molecule has 0 heterocycles. The molecule has 0 aromatic carbocycles. The van der Waals surface area contributed by atoms with Gasteiger partial charge in [-0.15, -0.1) is 0 Å². The van der Waals surface area contributed by atoms with Gasteiger partial charge in [-0.25, -0.2) is 0 Å². The van der Waals surface area contributed by atoms with Crippen LogP contribution in [0.25, 0.3) is 0 Å². The van der Waals surface area contributed by atoms with Gasteiger partial charge in [-0.05, 0) is 0 Å². The molecule has 0 fully saturated rings. The first-order valence-corrected chi connectivity index (χ1v) is 0. The molecule has 0 atom stereocenters. The van der Waals surface area contributed by atoms with Crippen molar-refractivity contribution in [1.29, 1.82) is 0 Å². The number of rotatable bonds is 0. The van der Waals surface area contributed by atoms with E-state index < -0.39 is 0 Å². The van der Waals surface area contributed by atoms with Crippen LogP contribution >= 0.6 is 0 Å². The third-order valence-corrected chi connectivity index (χ3v) is 0. The summed E-state index contributed by atoms with van der Waals surface area (Å²) in [5, 5.41) is 0. The van der Waals surface area contributed by atoms with E-state index in [0.29, 0.717) is 0 Å². The Kier molecular flexibility index (Phi) is 115. The first-order valence-electron chi connectivity index (χ1n) is 0. The summed E-state index contributed by atoms with van der Waals surface area (Å²) in [4.78, 5) is 0. The average molecular weight is 408 g/mol. The summed E-state index contributed by atoms with van der Waals surface area (Å²) in [5.41, 5.74) is 0. The van der Waals surface area contributed by atoms with Crippen molar-refractivity contribution < 1.29 is 27.9 Å². The van der Waals surface area contributed by atoms with Gasteiger partial charge in [-0.2, -0.15) is 0 Å². The molecule has 4 heteroatoms. The van der Waals surface area contributed by atoms with Crippen LogP contribution in [0.1, 0.15) is 0 Å². The molecule has 0 aromatic heterocycles. The van der Waals surface area contributed by atoms with E-state index in [1.165, 1.54) is 0 Å². The van der Waals surface area contributed by atoms with Crippen LogP contribution in [0.3, 0.4) is 0 Å². The molecule has 6 radical (unpaired) electrons. The zero-order chi connectivity index (χ0) is 0. The van der Waals surface area contributed by atoms with E-state index in [2.05, 4.69) is 0 Å². The van der Waals surface area contributed by atoms with E-state index in [1.807, 2.05) is 0 Å². The van der Waals surface area contributed by atoms with Crippen LogP contribution in [-0.4, -0.2) is 77.2 Å². The van der Waals surface area contributed by atoms with Crippen molar-refractivity contribution in [3.05, 3.63) is 0 Å². The second kappa shape index (κ2) is 16.6. The summed E-state index contributed by atoms with van der Waals surface area (Å²) >= 11 is 0. The van der Waals surface area contributed by atoms with E-state index >= 15 is 0 Å². The van der Waals surface area contributed by atoms with Gasteiger partial charge in [0.25, 0.3) is 0 Å². The molecule has 0 unspecified atom stereocenters. The van der Waals surface area contributed by atoms with Gasteiger partial charge in [0.05, 0.1) is 0 Å². The Balaban J connectivity index is 0. The second-order valence-corrected chi connectivity index (χ2v) is 0. The normalized spacial score (nSPS) is 0. The van der Waals surface area contributed by atoms with E-state index in [9.17, 15) is 0 Å². The number of hydrogen-bond acceptors (Lipinski definition) is 0. The minimum Gasteiger partial charge on any atom is -0.412 e. The molecule has 0 bridgehead atoms. The van der Waals surface area contributed by atoms with Crippen LogP contribution in [0.4, 0.5) is 0 Å². The van der Waals surface area contributed by atoms with Crippen LogP contribution < -0.4 is 0 Å². The van der Waals surface area contributed by atoms with Crippen molar-refractivity contribution in [1.82, 2.24) is 0 Å². The summed E-state index contributed by atoms with van der Waals surface area (Å²) in [7, 11) is 0. The van der Waals surface area contributed by atoms with Crippen LogP contribution in [-0.2, 0) is 22.4 Å². The minimum atomic E-state index is 0. The molecule has 0 spiro atoms. The van der Waals surface area contributed by atoms with Crippen molar-refractivity contribution >= 4 is 71.7 Å². The third-order valence-electron chi connectivity index (χ3n) is 0. The van der Waals surface area contributed by atoms with Crippen LogP contribution in [0.5, 0.6) is 0 Å². The maximum Gasteiger partial charge on any atom is 0 e. The van der Waals surface area contributed by atoms with Crippen LogP contribution in [0.2, 0.25) is 0 Å². The van der Waals surface area contributed by atoms with Crippen molar-refractivity contribution in [2.45, 2.75) is 0 Å². The topological polar surface area (TPSA) is 31.5 Å². The van der Waals surface area contributed by atoms with E-state index in [1.54, 1.807) is 0 Å². The quantitative estimate of drug-likeness (QED) is 0.434. The molecule has 0 aromatic rings. The minimum absolute atomic E-state index is 0. The summed E-state index contributed by atoms with van der Waals surface area (Å²) in [6.07, 6.45) is 0. The van der Waals surface area contributed by atoms with Gasteiger partial charge < -0.3 is 5.48 Å². The van der Waals surface area contributed by atoms with E-state index in [-0.39, 0.29) is 99.5 Å². The first kappa shape index (κ1) is 27.7. The van der Waals surface area contributed by atoms with Gasteiger partial charge in [0, 0.05) is 94.1 Å². The molecule has 0 rings (SSSR count). The predicted octanol–water partition coefficient (Wildman–Crippen LogP) is -1.59. The molecular weight excluding hydrogens is 406 g/mol. The Bertz CT molecular complexity index is 8.00. The second-order valence-electron chi connectivity index (χ2n) is 0. The molecule has 20 valence electrons. The maximum absolute atomic E-state index is 0. The molecule has 2 N–H and O–H groups in total. The monoisotopic (exact) mass is 408 g/mol. The Labute approximate surface area is 97.1 Å². The number of hydrogen-bond donors (Lipinski definition) is 0. The molecule has 0 aliphatic heterocycles. The molecule has 0 aliphatic carbocycles. The molecule has 0 amide bonds. The van der Waals surface area contributed by atoms with Gasteiger partial charge in [-0.1, -0.05) is 0 Å². The average Bonchev–Trinajstić information content (AvgIpc) is 0. The fourth-order valence-electron chi connectivity index (χ4n) is 0. The van der Waals surface area contributed by atoms with Crippen molar-refractivity contribution in [2.75, 3.05) is 0 Å². The van der Waals surface area contributed by atoms with Gasteiger partial charge in [0.1, 0.15) is 0 Å².